The molecule has 0 bridgehead atoms. The van der Waals surface area contributed by atoms with Crippen LogP contribution in [0.15, 0.2) is 23.3 Å². The van der Waals surface area contributed by atoms with E-state index in [0.29, 0.717) is 6.61 Å². The molecular formula is C13H22O2. The SMILES string of the molecule is CC(C)=CCC/C(C)=C/[C@@H]1OCC[C@@H]1O. The van der Waals surface area contributed by atoms with Gasteiger partial charge in [0.15, 0.2) is 0 Å². The molecule has 2 atom stereocenters. The highest BCUT2D eigenvalue weighted by Crippen LogP contribution is 2.17. The lowest BCUT2D eigenvalue weighted by molar-refractivity contribution is 0.0742. The molecule has 0 unspecified atom stereocenters. The second kappa shape index (κ2) is 6.09. The van der Waals surface area contributed by atoms with E-state index in [0.717, 1.165) is 19.3 Å². The summed E-state index contributed by atoms with van der Waals surface area (Å²) in [6.45, 7) is 7.02. The normalized spacial score (nSPS) is 26.8. The van der Waals surface area contributed by atoms with Crippen LogP contribution in [0.1, 0.15) is 40.0 Å². The van der Waals surface area contributed by atoms with Crippen LogP contribution < -0.4 is 0 Å². The van der Waals surface area contributed by atoms with E-state index in [1.807, 2.05) is 0 Å². The van der Waals surface area contributed by atoms with Crippen molar-refractivity contribution in [1.29, 1.82) is 0 Å². The molecule has 0 amide bonds. The minimum absolute atomic E-state index is 0.0725. The van der Waals surface area contributed by atoms with Crippen LogP contribution in [-0.2, 0) is 4.74 Å². The molecule has 2 heteroatoms. The van der Waals surface area contributed by atoms with Gasteiger partial charge in [0.1, 0.15) is 6.10 Å². The van der Waals surface area contributed by atoms with E-state index in [4.69, 9.17) is 4.74 Å². The molecule has 1 aliphatic rings. The summed E-state index contributed by atoms with van der Waals surface area (Å²) in [6, 6.07) is 0. The molecule has 0 aromatic carbocycles. The van der Waals surface area contributed by atoms with Gasteiger partial charge in [0.25, 0.3) is 0 Å². The molecule has 1 heterocycles. The summed E-state index contributed by atoms with van der Waals surface area (Å²) in [6.07, 6.45) is 6.83. The third kappa shape index (κ3) is 4.63. The van der Waals surface area contributed by atoms with Crippen molar-refractivity contribution in [1.82, 2.24) is 0 Å². The van der Waals surface area contributed by atoms with Gasteiger partial charge in [-0.1, -0.05) is 23.3 Å². The summed E-state index contributed by atoms with van der Waals surface area (Å²) < 4.78 is 5.42. The van der Waals surface area contributed by atoms with E-state index in [1.54, 1.807) is 0 Å². The summed E-state index contributed by atoms with van der Waals surface area (Å²) >= 11 is 0. The molecule has 1 aliphatic heterocycles. The Hall–Kier alpha value is -0.600. The van der Waals surface area contributed by atoms with E-state index in [1.165, 1.54) is 11.1 Å². The summed E-state index contributed by atoms with van der Waals surface area (Å²) in [5, 5.41) is 9.57. The topological polar surface area (TPSA) is 29.5 Å². The summed E-state index contributed by atoms with van der Waals surface area (Å²) in [7, 11) is 0. The smallest absolute Gasteiger partial charge is 0.102 e. The zero-order chi connectivity index (χ0) is 11.3. The Kier molecular flexibility index (Phi) is 5.06. The molecule has 0 aromatic rings. The fourth-order valence-corrected chi connectivity index (χ4v) is 1.71. The van der Waals surface area contributed by atoms with Gasteiger partial charge in [0.05, 0.1) is 12.7 Å². The van der Waals surface area contributed by atoms with Gasteiger partial charge >= 0.3 is 0 Å². The highest BCUT2D eigenvalue weighted by molar-refractivity contribution is 5.07. The van der Waals surface area contributed by atoms with Gasteiger partial charge < -0.3 is 9.84 Å². The van der Waals surface area contributed by atoms with E-state index < -0.39 is 0 Å². The van der Waals surface area contributed by atoms with Crippen molar-refractivity contribution in [3.63, 3.8) is 0 Å². The largest absolute Gasteiger partial charge is 0.390 e. The van der Waals surface area contributed by atoms with Crippen molar-refractivity contribution in [2.75, 3.05) is 6.61 Å². The Morgan fingerprint density at radius 1 is 1.40 bits per heavy atom. The first-order valence-corrected chi connectivity index (χ1v) is 5.70. The highest BCUT2D eigenvalue weighted by atomic mass is 16.5. The maximum absolute atomic E-state index is 9.57. The van der Waals surface area contributed by atoms with Crippen LogP contribution in [0.2, 0.25) is 0 Å². The number of hydrogen-bond donors (Lipinski definition) is 1. The maximum Gasteiger partial charge on any atom is 0.102 e. The van der Waals surface area contributed by atoms with Gasteiger partial charge in [0.2, 0.25) is 0 Å². The van der Waals surface area contributed by atoms with Crippen LogP contribution in [0.5, 0.6) is 0 Å². The van der Waals surface area contributed by atoms with Crippen LogP contribution in [0.4, 0.5) is 0 Å². The standard InChI is InChI=1S/C13H22O2/c1-10(2)5-4-6-11(3)9-13-12(14)7-8-15-13/h5,9,12-14H,4,6-8H2,1-3H3/b11-9+/t12-,13-/m0/s1. The molecular weight excluding hydrogens is 188 g/mol. The third-order valence-corrected chi connectivity index (χ3v) is 2.64. The molecule has 1 rings (SSSR count). The number of allylic oxidation sites excluding steroid dienone is 3. The van der Waals surface area contributed by atoms with Crippen molar-refractivity contribution in [3.05, 3.63) is 23.3 Å². The molecule has 1 fully saturated rings. The fraction of sp³-hybridized carbons (Fsp3) is 0.692. The highest BCUT2D eigenvalue weighted by Gasteiger charge is 2.23. The zero-order valence-electron chi connectivity index (χ0n) is 9.99. The van der Waals surface area contributed by atoms with Crippen molar-refractivity contribution in [3.8, 4) is 0 Å². The van der Waals surface area contributed by atoms with Gasteiger partial charge in [0, 0.05) is 0 Å². The van der Waals surface area contributed by atoms with Crippen LogP contribution in [0, 0.1) is 0 Å². The van der Waals surface area contributed by atoms with Crippen molar-refractivity contribution < 1.29 is 9.84 Å². The van der Waals surface area contributed by atoms with Gasteiger partial charge in [-0.3, -0.25) is 0 Å². The van der Waals surface area contributed by atoms with Gasteiger partial charge in [-0.15, -0.1) is 0 Å². The predicted molar refractivity (Wildman–Crippen MR) is 62.8 cm³/mol. The Labute approximate surface area is 92.6 Å². The van der Waals surface area contributed by atoms with Crippen LogP contribution in [0.3, 0.4) is 0 Å². The monoisotopic (exact) mass is 210 g/mol. The van der Waals surface area contributed by atoms with E-state index in [9.17, 15) is 5.11 Å². The van der Waals surface area contributed by atoms with E-state index in [2.05, 4.69) is 32.9 Å². The molecule has 1 saturated heterocycles. The second-order valence-corrected chi connectivity index (χ2v) is 4.52. The number of rotatable bonds is 4. The molecule has 2 nitrogen and oxygen atoms in total. The molecule has 0 saturated carbocycles. The summed E-state index contributed by atoms with van der Waals surface area (Å²) in [5.41, 5.74) is 2.67. The van der Waals surface area contributed by atoms with Crippen LogP contribution >= 0.6 is 0 Å². The second-order valence-electron chi connectivity index (χ2n) is 4.52. The average molecular weight is 210 g/mol. The average Bonchev–Trinajstić information content (AvgIpc) is 2.51. The quantitative estimate of drug-likeness (QED) is 0.723. The first kappa shape index (κ1) is 12.5. The van der Waals surface area contributed by atoms with Gasteiger partial charge in [-0.2, -0.15) is 0 Å². The lowest BCUT2D eigenvalue weighted by Gasteiger charge is -2.10. The van der Waals surface area contributed by atoms with E-state index in [-0.39, 0.29) is 12.2 Å². The predicted octanol–water partition coefficient (Wildman–Crippen LogP) is 2.83. The lowest BCUT2D eigenvalue weighted by Crippen LogP contribution is -2.18. The van der Waals surface area contributed by atoms with Crippen molar-refractivity contribution in [2.24, 2.45) is 0 Å². The number of hydrogen-bond acceptors (Lipinski definition) is 2. The Morgan fingerprint density at radius 3 is 2.67 bits per heavy atom. The van der Waals surface area contributed by atoms with E-state index >= 15 is 0 Å². The molecule has 0 aliphatic carbocycles. The molecule has 0 aromatic heterocycles. The number of ether oxygens (including phenoxy) is 1. The minimum Gasteiger partial charge on any atom is -0.390 e. The molecule has 1 N–H and O–H groups in total. The molecule has 86 valence electrons. The minimum atomic E-state index is -0.302. The Bertz CT molecular complexity index is 249. The molecule has 0 radical (unpaired) electrons. The lowest BCUT2D eigenvalue weighted by atomic mass is 10.1. The summed E-state index contributed by atoms with van der Waals surface area (Å²) in [5.74, 6) is 0. The molecule has 15 heavy (non-hydrogen) atoms. The van der Waals surface area contributed by atoms with Crippen LogP contribution in [-0.4, -0.2) is 23.9 Å². The van der Waals surface area contributed by atoms with Gasteiger partial charge in [-0.05, 0) is 40.0 Å². The third-order valence-electron chi connectivity index (χ3n) is 2.64. The number of aliphatic hydroxyl groups excluding tert-OH is 1. The zero-order valence-corrected chi connectivity index (χ0v) is 9.99. The first-order chi connectivity index (χ1) is 7.09. The van der Waals surface area contributed by atoms with Crippen molar-refractivity contribution >= 4 is 0 Å². The summed E-state index contributed by atoms with van der Waals surface area (Å²) in [4.78, 5) is 0. The Morgan fingerprint density at radius 2 is 2.13 bits per heavy atom. The van der Waals surface area contributed by atoms with Crippen LogP contribution in [0.25, 0.3) is 0 Å². The van der Waals surface area contributed by atoms with Crippen molar-refractivity contribution in [2.45, 2.75) is 52.2 Å². The maximum atomic E-state index is 9.57. The number of aliphatic hydroxyl groups is 1. The Balaban J connectivity index is 2.35. The first-order valence-electron chi connectivity index (χ1n) is 5.70. The van der Waals surface area contributed by atoms with Gasteiger partial charge in [-0.25, -0.2) is 0 Å². The molecule has 0 spiro atoms. The fourth-order valence-electron chi connectivity index (χ4n) is 1.71.